The van der Waals surface area contributed by atoms with Gasteiger partial charge in [-0.05, 0) is 116 Å². The first-order chi connectivity index (χ1) is 21.0. The van der Waals surface area contributed by atoms with Gasteiger partial charge >= 0.3 is 5.97 Å². The fourth-order valence-corrected chi connectivity index (χ4v) is 5.90. The third-order valence-corrected chi connectivity index (χ3v) is 8.64. The molecule has 1 unspecified atom stereocenters. The number of aryl methyl sites for hydroxylation is 1. The number of allylic oxidation sites excluding steroid dienone is 2. The number of carbonyl (C=O) groups excluding carboxylic acids is 2. The van der Waals surface area contributed by atoms with Gasteiger partial charge in [-0.15, -0.1) is 0 Å². The van der Waals surface area contributed by atoms with E-state index in [9.17, 15) is 19.8 Å². The van der Waals surface area contributed by atoms with Crippen molar-refractivity contribution in [3.63, 3.8) is 0 Å². The number of alkyl halides is 1. The number of ketones is 1. The molecule has 4 rings (SSSR count). The normalized spacial score (nSPS) is 16.0. The number of ether oxygens (including phenoxy) is 4. The minimum absolute atomic E-state index is 0.0743. The number of esters is 1. The second-order valence-corrected chi connectivity index (χ2v) is 13.8. The Labute approximate surface area is 276 Å². The molecule has 45 heavy (non-hydrogen) atoms. The Balaban J connectivity index is 0.000000838. The Kier molecular flexibility index (Phi) is 12.7. The zero-order chi connectivity index (χ0) is 33.5. The van der Waals surface area contributed by atoms with E-state index < -0.39 is 17.3 Å². The third-order valence-electron chi connectivity index (χ3n) is 8.18. The van der Waals surface area contributed by atoms with E-state index in [1.807, 2.05) is 59.7 Å². The predicted octanol–water partition coefficient (Wildman–Crippen LogP) is 7.43. The van der Waals surface area contributed by atoms with Crippen LogP contribution in [0.5, 0.6) is 17.2 Å². The van der Waals surface area contributed by atoms with Crippen molar-refractivity contribution < 1.29 is 38.7 Å². The number of aliphatic hydroxyl groups is 2. The molecule has 2 aromatic carbocycles. The number of rotatable bonds is 11. The minimum atomic E-state index is -0.766. The van der Waals surface area contributed by atoms with Gasteiger partial charge in [-0.25, -0.2) is 0 Å². The van der Waals surface area contributed by atoms with E-state index in [0.29, 0.717) is 36.3 Å². The molecule has 2 heterocycles. The molecule has 0 aliphatic carbocycles. The van der Waals surface area contributed by atoms with Crippen LogP contribution in [0, 0.1) is 13.8 Å². The van der Waals surface area contributed by atoms with Gasteiger partial charge in [-0.1, -0.05) is 33.6 Å². The van der Waals surface area contributed by atoms with E-state index in [-0.39, 0.29) is 30.3 Å². The van der Waals surface area contributed by atoms with Crippen LogP contribution in [0.25, 0.3) is 0 Å². The molecule has 0 saturated heterocycles. The van der Waals surface area contributed by atoms with Crippen LogP contribution in [0.2, 0.25) is 0 Å². The van der Waals surface area contributed by atoms with Gasteiger partial charge in [0, 0.05) is 11.1 Å². The molecule has 0 spiro atoms. The van der Waals surface area contributed by atoms with Crippen LogP contribution in [-0.2, 0) is 22.4 Å². The first-order valence-electron chi connectivity index (χ1n) is 15.5. The van der Waals surface area contributed by atoms with Crippen molar-refractivity contribution in [2.24, 2.45) is 0 Å². The molecule has 248 valence electrons. The minimum Gasteiger partial charge on any atom is -0.484 e. The number of halogens is 1. The van der Waals surface area contributed by atoms with Crippen LogP contribution in [0.4, 0.5) is 0 Å². The van der Waals surface area contributed by atoms with Crippen LogP contribution >= 0.6 is 15.9 Å². The molecule has 0 radical (unpaired) electrons. The van der Waals surface area contributed by atoms with E-state index in [4.69, 9.17) is 14.2 Å². The third kappa shape index (κ3) is 10.3. The van der Waals surface area contributed by atoms with E-state index in [0.717, 1.165) is 52.8 Å². The van der Waals surface area contributed by atoms with Crippen LogP contribution in [-0.4, -0.2) is 52.4 Å². The van der Waals surface area contributed by atoms with Gasteiger partial charge in [0.25, 0.3) is 0 Å². The Hall–Kier alpha value is -2.88. The summed E-state index contributed by atoms with van der Waals surface area (Å²) in [5.74, 6) is 1.90. The zero-order valence-electron chi connectivity index (χ0n) is 28.0. The van der Waals surface area contributed by atoms with E-state index in [1.165, 1.54) is 12.7 Å². The molecule has 0 saturated carbocycles. The van der Waals surface area contributed by atoms with E-state index >= 15 is 0 Å². The largest absolute Gasteiger partial charge is 0.484 e. The summed E-state index contributed by atoms with van der Waals surface area (Å²) in [6.07, 6.45) is 6.58. The molecule has 2 N–H and O–H groups in total. The topological polar surface area (TPSA) is 112 Å². The van der Waals surface area contributed by atoms with Crippen molar-refractivity contribution in [3.8, 4) is 17.2 Å². The number of hydrogen-bond donors (Lipinski definition) is 2. The van der Waals surface area contributed by atoms with Crippen molar-refractivity contribution in [2.45, 2.75) is 111 Å². The molecule has 2 aromatic rings. The van der Waals surface area contributed by atoms with Crippen molar-refractivity contribution in [1.29, 1.82) is 0 Å². The molecule has 0 amide bonds. The average molecular weight is 690 g/mol. The van der Waals surface area contributed by atoms with Crippen LogP contribution in [0.1, 0.15) is 111 Å². The Morgan fingerprint density at radius 3 is 2.36 bits per heavy atom. The summed E-state index contributed by atoms with van der Waals surface area (Å²) in [7, 11) is 1.35. The Morgan fingerprint density at radius 1 is 1.07 bits per heavy atom. The molecule has 0 bridgehead atoms. The molecule has 2 aliphatic rings. The molecule has 9 heteroatoms. The molecular formula is C36H49BrO8. The Morgan fingerprint density at radius 2 is 1.76 bits per heavy atom. The van der Waals surface area contributed by atoms with Gasteiger partial charge in [-0.2, -0.15) is 0 Å². The van der Waals surface area contributed by atoms with Gasteiger partial charge in [0.2, 0.25) is 6.79 Å². The molecule has 1 atom stereocenters. The van der Waals surface area contributed by atoms with Gasteiger partial charge in [0.05, 0.1) is 30.3 Å². The highest BCUT2D eigenvalue weighted by Crippen LogP contribution is 2.45. The molecule has 2 aliphatic heterocycles. The van der Waals surface area contributed by atoms with Crippen molar-refractivity contribution in [2.75, 3.05) is 19.2 Å². The van der Waals surface area contributed by atoms with Crippen LogP contribution < -0.4 is 14.2 Å². The maximum Gasteiger partial charge on any atom is 0.316 e. The Bertz CT molecular complexity index is 1390. The molecular weight excluding hydrogens is 640 g/mol. The first kappa shape index (κ1) is 36.6. The summed E-state index contributed by atoms with van der Waals surface area (Å²) in [5.41, 5.74) is 5.55. The smallest absolute Gasteiger partial charge is 0.316 e. The maximum atomic E-state index is 13.5. The SMILES string of the molecule is C/C(=C\Cc1c(C2CC(=O)c3c(cc(C)c(CCC(C)(C)O)c3C)O2)ccc2c1OCO2)CCCC(C)(C)O.COC(=O)CBr. The fraction of sp³-hybridized carbons (Fsp3) is 0.556. The lowest BCUT2D eigenvalue weighted by atomic mass is 9.85. The lowest BCUT2D eigenvalue weighted by Gasteiger charge is -2.30. The van der Waals surface area contributed by atoms with Crippen molar-refractivity contribution >= 4 is 27.7 Å². The van der Waals surface area contributed by atoms with Crippen molar-refractivity contribution in [3.05, 3.63) is 63.2 Å². The number of methoxy groups -OCH3 is 1. The van der Waals surface area contributed by atoms with Gasteiger partial charge in [-0.3, -0.25) is 9.59 Å². The number of hydrogen-bond acceptors (Lipinski definition) is 8. The maximum absolute atomic E-state index is 13.5. The predicted molar refractivity (Wildman–Crippen MR) is 179 cm³/mol. The molecule has 8 nitrogen and oxygen atoms in total. The number of benzene rings is 2. The zero-order valence-corrected chi connectivity index (χ0v) is 29.6. The van der Waals surface area contributed by atoms with Gasteiger partial charge in [0.15, 0.2) is 17.3 Å². The van der Waals surface area contributed by atoms with E-state index in [1.54, 1.807) is 0 Å². The summed E-state index contributed by atoms with van der Waals surface area (Å²) < 4.78 is 22.3. The van der Waals surface area contributed by atoms with Crippen LogP contribution in [0.15, 0.2) is 29.8 Å². The first-order valence-corrected chi connectivity index (χ1v) is 16.6. The molecule has 0 aromatic heterocycles. The van der Waals surface area contributed by atoms with Crippen LogP contribution in [0.3, 0.4) is 0 Å². The second kappa shape index (κ2) is 15.6. The lowest BCUT2D eigenvalue weighted by Crippen LogP contribution is -2.24. The number of fused-ring (bicyclic) bond motifs is 2. The second-order valence-electron chi connectivity index (χ2n) is 13.2. The fourth-order valence-electron chi connectivity index (χ4n) is 5.67. The quantitative estimate of drug-likeness (QED) is 0.142. The lowest BCUT2D eigenvalue weighted by molar-refractivity contribution is -0.137. The number of Topliss-reactive ketones (excluding diaryl/α,β-unsaturated/α-hetero) is 1. The highest BCUT2D eigenvalue weighted by Gasteiger charge is 2.34. The van der Waals surface area contributed by atoms with Gasteiger partial charge in [0.1, 0.15) is 17.2 Å². The highest BCUT2D eigenvalue weighted by molar-refractivity contribution is 9.09. The summed E-state index contributed by atoms with van der Waals surface area (Å²) in [6.45, 7) is 13.6. The number of carbonyl (C=O) groups is 2. The molecule has 0 fully saturated rings. The summed E-state index contributed by atoms with van der Waals surface area (Å²) in [4.78, 5) is 23.5. The summed E-state index contributed by atoms with van der Waals surface area (Å²) >= 11 is 2.90. The van der Waals surface area contributed by atoms with Gasteiger partial charge < -0.3 is 29.2 Å². The monoisotopic (exact) mass is 688 g/mol. The van der Waals surface area contributed by atoms with E-state index in [2.05, 4.69) is 33.7 Å². The standard InChI is InChI=1S/C33H44O6.C3H5BrO2/c1-20(9-8-15-32(4,5)35)10-11-25-24(12-13-27-31(25)38-19-37-27)28-18-26(34)30-22(3)23(14-16-33(6,7)36)21(2)17-29(30)39-28;1-6-3(5)2-4/h10,12-13,17,28,35-36H,8-9,11,14-16,18-19H2,1-7H3;2H2,1H3/b20-10+;. The average Bonchev–Trinajstić information content (AvgIpc) is 3.43. The van der Waals surface area contributed by atoms with Crippen molar-refractivity contribution in [1.82, 2.24) is 0 Å². The summed E-state index contributed by atoms with van der Waals surface area (Å²) in [6, 6.07) is 5.88. The summed E-state index contributed by atoms with van der Waals surface area (Å²) in [5, 5.41) is 20.5. The highest BCUT2D eigenvalue weighted by atomic mass is 79.9.